The standard InChI is InChI=1S/C25H30OSi/c1-5-6-19-26-27(23-16-10-7-13-20(23)2,24-17-11-8-14-21(24)3)25-18-12-9-15-22(25)4/h7-18H,5-6,19H2,1-4H3. The van der Waals surface area contributed by atoms with Crippen molar-refractivity contribution < 1.29 is 4.43 Å². The van der Waals surface area contributed by atoms with Gasteiger partial charge in [-0.3, -0.25) is 0 Å². The molecule has 0 saturated carbocycles. The lowest BCUT2D eigenvalue weighted by atomic mass is 10.2. The van der Waals surface area contributed by atoms with E-state index >= 15 is 0 Å². The van der Waals surface area contributed by atoms with Crippen LogP contribution in [-0.4, -0.2) is 14.9 Å². The molecule has 0 atom stereocenters. The van der Waals surface area contributed by atoms with Gasteiger partial charge in [-0.1, -0.05) is 86.1 Å². The third kappa shape index (κ3) is 3.78. The highest BCUT2D eigenvalue weighted by molar-refractivity contribution is 7.07. The predicted molar refractivity (Wildman–Crippen MR) is 119 cm³/mol. The highest BCUT2D eigenvalue weighted by Gasteiger charge is 2.44. The monoisotopic (exact) mass is 374 g/mol. The van der Waals surface area contributed by atoms with Crippen molar-refractivity contribution in [2.24, 2.45) is 0 Å². The molecule has 0 heterocycles. The molecular formula is C25H30OSi. The van der Waals surface area contributed by atoms with E-state index < -0.39 is 8.32 Å². The first-order valence-electron chi connectivity index (χ1n) is 9.93. The van der Waals surface area contributed by atoms with Crippen LogP contribution in [0.5, 0.6) is 0 Å². The molecule has 2 heteroatoms. The van der Waals surface area contributed by atoms with Gasteiger partial charge in [-0.05, 0) is 59.4 Å². The zero-order valence-corrected chi connectivity index (χ0v) is 18.0. The van der Waals surface area contributed by atoms with Crippen LogP contribution in [0.2, 0.25) is 0 Å². The molecule has 0 saturated heterocycles. The van der Waals surface area contributed by atoms with Gasteiger partial charge >= 0.3 is 0 Å². The fraction of sp³-hybridized carbons (Fsp3) is 0.280. The number of unbranched alkanes of at least 4 members (excludes halogenated alkanes) is 1. The Morgan fingerprint density at radius 1 is 0.630 bits per heavy atom. The highest BCUT2D eigenvalue weighted by Crippen LogP contribution is 2.16. The molecule has 140 valence electrons. The SMILES string of the molecule is CCCCO[Si](c1ccccc1C)(c1ccccc1C)c1ccccc1C. The van der Waals surface area contributed by atoms with E-state index in [1.165, 1.54) is 32.3 Å². The van der Waals surface area contributed by atoms with Gasteiger partial charge in [0.15, 0.2) is 0 Å². The zero-order valence-electron chi connectivity index (χ0n) is 17.0. The molecule has 0 aliphatic heterocycles. The Balaban J connectivity index is 2.37. The van der Waals surface area contributed by atoms with Crippen LogP contribution in [0.15, 0.2) is 72.8 Å². The fourth-order valence-corrected chi connectivity index (χ4v) is 8.64. The van der Waals surface area contributed by atoms with Gasteiger partial charge in [0.25, 0.3) is 8.32 Å². The van der Waals surface area contributed by atoms with E-state index in [0.29, 0.717) is 0 Å². The molecule has 3 rings (SSSR count). The Kier molecular flexibility index (Phi) is 6.30. The van der Waals surface area contributed by atoms with Crippen LogP contribution < -0.4 is 15.6 Å². The Labute approximate surface area is 165 Å². The van der Waals surface area contributed by atoms with E-state index in [9.17, 15) is 0 Å². The number of rotatable bonds is 7. The molecule has 0 aromatic heterocycles. The Bertz CT molecular complexity index is 789. The van der Waals surface area contributed by atoms with Gasteiger partial charge in [-0.2, -0.15) is 0 Å². The Hall–Kier alpha value is -2.16. The second-order valence-corrected chi connectivity index (χ2v) is 10.6. The molecule has 0 aliphatic carbocycles. The third-order valence-corrected chi connectivity index (χ3v) is 9.99. The Morgan fingerprint density at radius 3 is 1.33 bits per heavy atom. The third-order valence-electron chi connectivity index (χ3n) is 5.39. The maximum absolute atomic E-state index is 7.01. The van der Waals surface area contributed by atoms with Crippen molar-refractivity contribution in [1.82, 2.24) is 0 Å². The van der Waals surface area contributed by atoms with Gasteiger partial charge in [0.05, 0.1) is 0 Å². The van der Waals surface area contributed by atoms with Crippen LogP contribution in [0.3, 0.4) is 0 Å². The zero-order chi connectivity index (χ0) is 19.3. The van der Waals surface area contributed by atoms with Crippen molar-refractivity contribution in [3.63, 3.8) is 0 Å². The van der Waals surface area contributed by atoms with Crippen molar-refractivity contribution in [3.05, 3.63) is 89.5 Å². The number of hydrogen-bond acceptors (Lipinski definition) is 1. The fourth-order valence-electron chi connectivity index (χ4n) is 3.94. The molecule has 0 N–H and O–H groups in total. The van der Waals surface area contributed by atoms with E-state index in [-0.39, 0.29) is 0 Å². The maximum atomic E-state index is 7.01. The van der Waals surface area contributed by atoms with Crippen LogP contribution in [-0.2, 0) is 4.43 Å². The summed E-state index contributed by atoms with van der Waals surface area (Å²) >= 11 is 0. The van der Waals surface area contributed by atoms with Crippen LogP contribution in [0.4, 0.5) is 0 Å². The normalized spacial score (nSPS) is 11.6. The predicted octanol–water partition coefficient (Wildman–Crippen LogP) is 4.40. The van der Waals surface area contributed by atoms with Gasteiger partial charge in [-0.25, -0.2) is 0 Å². The summed E-state index contributed by atoms with van der Waals surface area (Å²) in [5, 5.41) is 4.10. The summed E-state index contributed by atoms with van der Waals surface area (Å²) in [7, 11) is -2.59. The van der Waals surface area contributed by atoms with Crippen molar-refractivity contribution in [2.45, 2.75) is 40.5 Å². The van der Waals surface area contributed by atoms with Gasteiger partial charge in [0.2, 0.25) is 0 Å². The first-order valence-corrected chi connectivity index (χ1v) is 11.8. The van der Waals surface area contributed by atoms with E-state index in [0.717, 1.165) is 19.4 Å². The molecule has 3 aromatic rings. The number of hydrogen-bond donors (Lipinski definition) is 0. The summed E-state index contributed by atoms with van der Waals surface area (Å²) in [5.74, 6) is 0. The van der Waals surface area contributed by atoms with Crippen LogP contribution in [0, 0.1) is 20.8 Å². The summed E-state index contributed by atoms with van der Waals surface area (Å²) < 4.78 is 7.01. The van der Waals surface area contributed by atoms with Crippen LogP contribution >= 0.6 is 0 Å². The molecule has 0 unspecified atom stereocenters. The second kappa shape index (κ2) is 8.68. The van der Waals surface area contributed by atoms with E-state index in [2.05, 4.69) is 100 Å². The summed E-state index contributed by atoms with van der Waals surface area (Å²) in [6, 6.07) is 26.4. The lowest BCUT2D eigenvalue weighted by molar-refractivity contribution is 0.314. The molecule has 3 aromatic carbocycles. The summed E-state index contributed by atoms with van der Waals surface area (Å²) in [5.41, 5.74) is 3.94. The minimum Gasteiger partial charge on any atom is -0.404 e. The molecular weight excluding hydrogens is 344 g/mol. The van der Waals surface area contributed by atoms with Gasteiger partial charge in [-0.15, -0.1) is 0 Å². The molecule has 0 spiro atoms. The smallest absolute Gasteiger partial charge is 0.289 e. The molecule has 0 radical (unpaired) electrons. The molecule has 0 fully saturated rings. The average Bonchev–Trinajstić information content (AvgIpc) is 2.68. The lowest BCUT2D eigenvalue weighted by Crippen LogP contribution is -2.71. The van der Waals surface area contributed by atoms with E-state index in [4.69, 9.17) is 4.43 Å². The van der Waals surface area contributed by atoms with Crippen LogP contribution in [0.1, 0.15) is 36.5 Å². The minimum atomic E-state index is -2.59. The minimum absolute atomic E-state index is 0.791. The topological polar surface area (TPSA) is 9.23 Å². The number of benzene rings is 3. The van der Waals surface area contributed by atoms with Crippen molar-refractivity contribution in [1.29, 1.82) is 0 Å². The summed E-state index contributed by atoms with van der Waals surface area (Å²) in [6.45, 7) is 9.67. The highest BCUT2D eigenvalue weighted by atomic mass is 28.4. The summed E-state index contributed by atoms with van der Waals surface area (Å²) in [4.78, 5) is 0. The molecule has 1 nitrogen and oxygen atoms in total. The maximum Gasteiger partial charge on any atom is 0.289 e. The van der Waals surface area contributed by atoms with Gasteiger partial charge in [0, 0.05) is 6.61 Å². The quantitative estimate of drug-likeness (QED) is 0.338. The number of aryl methyl sites for hydroxylation is 3. The largest absolute Gasteiger partial charge is 0.404 e. The molecule has 0 aliphatic rings. The summed E-state index contributed by atoms with van der Waals surface area (Å²) in [6.07, 6.45) is 2.22. The Morgan fingerprint density at radius 2 is 1.00 bits per heavy atom. The van der Waals surface area contributed by atoms with Crippen molar-refractivity contribution in [2.75, 3.05) is 6.61 Å². The molecule has 0 bridgehead atoms. The van der Waals surface area contributed by atoms with Crippen molar-refractivity contribution >= 4 is 23.9 Å². The lowest BCUT2D eigenvalue weighted by Gasteiger charge is -2.36. The molecule has 0 amide bonds. The molecule has 27 heavy (non-hydrogen) atoms. The first kappa shape index (κ1) is 19.6. The van der Waals surface area contributed by atoms with E-state index in [1.54, 1.807) is 0 Å². The van der Waals surface area contributed by atoms with Gasteiger partial charge < -0.3 is 4.43 Å². The average molecular weight is 375 g/mol. The van der Waals surface area contributed by atoms with Crippen molar-refractivity contribution in [3.8, 4) is 0 Å². The van der Waals surface area contributed by atoms with Crippen LogP contribution in [0.25, 0.3) is 0 Å². The second-order valence-electron chi connectivity index (χ2n) is 7.33. The first-order chi connectivity index (χ1) is 13.1. The van der Waals surface area contributed by atoms with Gasteiger partial charge in [0.1, 0.15) is 0 Å². The van der Waals surface area contributed by atoms with E-state index in [1.807, 2.05) is 0 Å².